The van der Waals surface area contributed by atoms with Crippen LogP contribution in [0, 0.1) is 18.6 Å². The van der Waals surface area contributed by atoms with Gasteiger partial charge in [-0.2, -0.15) is 4.72 Å². The Kier molecular flexibility index (Phi) is 3.79. The number of halogens is 2. The van der Waals surface area contributed by atoms with Crippen LogP contribution in [0.5, 0.6) is 0 Å². The first-order valence-corrected chi connectivity index (χ1v) is 7.43. The molecule has 8 heteroatoms. The van der Waals surface area contributed by atoms with Gasteiger partial charge in [-0.1, -0.05) is 0 Å². The number of aryl methyl sites for hydroxylation is 1. The highest BCUT2D eigenvalue weighted by molar-refractivity contribution is 7.89. The van der Waals surface area contributed by atoms with E-state index in [4.69, 9.17) is 0 Å². The minimum atomic E-state index is -4.21. The van der Waals surface area contributed by atoms with Gasteiger partial charge in [0.1, 0.15) is 22.6 Å². The van der Waals surface area contributed by atoms with Crippen LogP contribution < -0.4 is 4.72 Å². The molecule has 1 fully saturated rings. The van der Waals surface area contributed by atoms with Crippen LogP contribution in [0.1, 0.15) is 12.0 Å². The van der Waals surface area contributed by atoms with E-state index >= 15 is 0 Å². The molecule has 1 N–H and O–H groups in total. The zero-order valence-corrected chi connectivity index (χ0v) is 11.8. The average molecular weight is 304 g/mol. The second-order valence-corrected chi connectivity index (χ2v) is 6.44. The molecule has 5 nitrogen and oxygen atoms in total. The van der Waals surface area contributed by atoms with Crippen molar-refractivity contribution in [3.8, 4) is 0 Å². The predicted octanol–water partition coefficient (Wildman–Crippen LogP) is 0.782. The summed E-state index contributed by atoms with van der Waals surface area (Å²) in [6.45, 7) is 1.76. The molecule has 0 aliphatic carbocycles. The number of amides is 1. The van der Waals surface area contributed by atoms with Gasteiger partial charge in [0.05, 0.1) is 0 Å². The number of nitrogens with zero attached hydrogens (tertiary/aromatic N) is 1. The number of rotatable bonds is 3. The maximum Gasteiger partial charge on any atom is 0.244 e. The Morgan fingerprint density at radius 1 is 1.30 bits per heavy atom. The number of hydrogen-bond acceptors (Lipinski definition) is 3. The first-order chi connectivity index (χ1) is 9.22. The van der Waals surface area contributed by atoms with Crippen molar-refractivity contribution in [2.24, 2.45) is 0 Å². The smallest absolute Gasteiger partial charge is 0.244 e. The zero-order chi connectivity index (χ0) is 15.1. The van der Waals surface area contributed by atoms with E-state index in [0.717, 1.165) is 6.07 Å². The highest BCUT2D eigenvalue weighted by Gasteiger charge is 2.34. The van der Waals surface area contributed by atoms with Crippen LogP contribution in [0.15, 0.2) is 17.0 Å². The van der Waals surface area contributed by atoms with E-state index in [1.807, 2.05) is 0 Å². The number of likely N-dealkylation sites (N-methyl/N-ethyl adjacent to an activating group) is 1. The standard InChI is InChI=1S/C12H14F2N2O3S/c1-7-5-11(9(14)6-8(7)13)20(18,19)15-10-3-4-16(2)12(10)17/h5-6,10,15H,3-4H2,1-2H3/t10-/m1/s1. The Morgan fingerprint density at radius 2 is 1.95 bits per heavy atom. The Bertz CT molecular complexity index is 661. The quantitative estimate of drug-likeness (QED) is 0.897. The first-order valence-electron chi connectivity index (χ1n) is 5.95. The van der Waals surface area contributed by atoms with Crippen molar-refractivity contribution in [3.05, 3.63) is 29.3 Å². The Balaban J connectivity index is 2.32. The summed E-state index contributed by atoms with van der Waals surface area (Å²) in [6, 6.07) is 0.526. The number of sulfonamides is 1. The molecule has 0 spiro atoms. The molecular formula is C12H14F2N2O3S. The Morgan fingerprint density at radius 3 is 2.50 bits per heavy atom. The number of carbonyl (C=O) groups is 1. The molecule has 0 radical (unpaired) electrons. The van der Waals surface area contributed by atoms with Gasteiger partial charge in [-0.15, -0.1) is 0 Å². The molecule has 1 aliphatic rings. The van der Waals surface area contributed by atoms with E-state index in [9.17, 15) is 22.0 Å². The summed E-state index contributed by atoms with van der Waals surface area (Å²) >= 11 is 0. The van der Waals surface area contributed by atoms with Gasteiger partial charge in [0.25, 0.3) is 0 Å². The monoisotopic (exact) mass is 304 g/mol. The lowest BCUT2D eigenvalue weighted by Crippen LogP contribution is -2.40. The summed E-state index contributed by atoms with van der Waals surface area (Å²) in [4.78, 5) is 12.4. The van der Waals surface area contributed by atoms with Crippen molar-refractivity contribution >= 4 is 15.9 Å². The van der Waals surface area contributed by atoms with Crippen molar-refractivity contribution in [1.82, 2.24) is 9.62 Å². The molecule has 1 aromatic carbocycles. The molecule has 110 valence electrons. The fourth-order valence-electron chi connectivity index (χ4n) is 2.02. The highest BCUT2D eigenvalue weighted by atomic mass is 32.2. The molecule has 1 saturated heterocycles. The second-order valence-electron chi connectivity index (χ2n) is 4.75. The van der Waals surface area contributed by atoms with E-state index in [1.165, 1.54) is 11.8 Å². The predicted molar refractivity (Wildman–Crippen MR) is 67.5 cm³/mol. The topological polar surface area (TPSA) is 66.5 Å². The average Bonchev–Trinajstić information content (AvgIpc) is 2.65. The largest absolute Gasteiger partial charge is 0.344 e. The van der Waals surface area contributed by atoms with Gasteiger partial charge in [0.2, 0.25) is 15.9 Å². The summed E-state index contributed by atoms with van der Waals surface area (Å²) in [5.74, 6) is -2.37. The number of nitrogens with one attached hydrogen (secondary N) is 1. The third-order valence-corrected chi connectivity index (χ3v) is 4.71. The molecule has 0 aromatic heterocycles. The third kappa shape index (κ3) is 2.66. The van der Waals surface area contributed by atoms with Gasteiger partial charge in [0.15, 0.2) is 0 Å². The molecule has 1 amide bonds. The molecule has 0 bridgehead atoms. The minimum absolute atomic E-state index is 0.0154. The molecule has 1 heterocycles. The van der Waals surface area contributed by atoms with Crippen LogP contribution >= 0.6 is 0 Å². The third-order valence-electron chi connectivity index (χ3n) is 3.23. The maximum absolute atomic E-state index is 13.6. The molecule has 1 aliphatic heterocycles. The maximum atomic E-state index is 13.6. The summed E-state index contributed by atoms with van der Waals surface area (Å²) < 4.78 is 53.1. The molecule has 0 unspecified atom stereocenters. The molecule has 2 rings (SSSR count). The molecule has 0 saturated carbocycles. The van der Waals surface area contributed by atoms with Crippen LogP contribution in [-0.4, -0.2) is 38.9 Å². The molecule has 1 aromatic rings. The SMILES string of the molecule is Cc1cc(S(=O)(=O)N[C@@H]2CCN(C)C2=O)c(F)cc1F. The van der Waals surface area contributed by atoms with Crippen LogP contribution in [0.2, 0.25) is 0 Å². The molecule has 20 heavy (non-hydrogen) atoms. The number of hydrogen-bond donors (Lipinski definition) is 1. The van der Waals surface area contributed by atoms with Crippen LogP contribution in [0.3, 0.4) is 0 Å². The van der Waals surface area contributed by atoms with E-state index in [-0.39, 0.29) is 11.5 Å². The van der Waals surface area contributed by atoms with E-state index < -0.39 is 32.6 Å². The van der Waals surface area contributed by atoms with Crippen molar-refractivity contribution in [2.45, 2.75) is 24.3 Å². The van der Waals surface area contributed by atoms with Gasteiger partial charge in [-0.25, -0.2) is 17.2 Å². The lowest BCUT2D eigenvalue weighted by molar-refractivity contribution is -0.127. The Hall–Kier alpha value is -1.54. The summed E-state index contributed by atoms with van der Waals surface area (Å²) in [7, 11) is -2.65. The van der Waals surface area contributed by atoms with Gasteiger partial charge in [0, 0.05) is 19.7 Å². The van der Waals surface area contributed by atoms with E-state index in [0.29, 0.717) is 19.0 Å². The summed E-state index contributed by atoms with van der Waals surface area (Å²) in [5, 5.41) is 0. The first kappa shape index (κ1) is 14.9. The van der Waals surface area contributed by atoms with E-state index in [2.05, 4.69) is 4.72 Å². The number of likely N-dealkylation sites (tertiary alicyclic amines) is 1. The normalized spacial score (nSPS) is 19.7. The van der Waals surface area contributed by atoms with Crippen LogP contribution in [0.4, 0.5) is 8.78 Å². The lowest BCUT2D eigenvalue weighted by atomic mass is 10.2. The van der Waals surface area contributed by atoms with Crippen LogP contribution in [0.25, 0.3) is 0 Å². The highest BCUT2D eigenvalue weighted by Crippen LogP contribution is 2.20. The van der Waals surface area contributed by atoms with Gasteiger partial charge in [-0.05, 0) is 25.0 Å². The molecule has 1 atom stereocenters. The lowest BCUT2D eigenvalue weighted by Gasteiger charge is -2.13. The van der Waals surface area contributed by atoms with Crippen molar-refractivity contribution in [1.29, 1.82) is 0 Å². The number of carbonyl (C=O) groups excluding carboxylic acids is 1. The molecular weight excluding hydrogens is 290 g/mol. The minimum Gasteiger partial charge on any atom is -0.344 e. The fourth-order valence-corrected chi connectivity index (χ4v) is 3.39. The Labute approximate surface area is 115 Å². The van der Waals surface area contributed by atoms with Gasteiger partial charge >= 0.3 is 0 Å². The summed E-state index contributed by atoms with van der Waals surface area (Å²) in [6.07, 6.45) is 0.316. The fraction of sp³-hybridized carbons (Fsp3) is 0.417. The van der Waals surface area contributed by atoms with Crippen LogP contribution in [-0.2, 0) is 14.8 Å². The second kappa shape index (κ2) is 5.10. The van der Waals surface area contributed by atoms with Gasteiger partial charge < -0.3 is 4.90 Å². The zero-order valence-electron chi connectivity index (χ0n) is 11.0. The van der Waals surface area contributed by atoms with E-state index in [1.54, 1.807) is 7.05 Å². The number of benzene rings is 1. The van der Waals surface area contributed by atoms with Gasteiger partial charge in [-0.3, -0.25) is 4.79 Å². The summed E-state index contributed by atoms with van der Waals surface area (Å²) in [5.41, 5.74) is 0.0154. The van der Waals surface area contributed by atoms with Crippen molar-refractivity contribution < 1.29 is 22.0 Å². The van der Waals surface area contributed by atoms with Crippen molar-refractivity contribution in [3.63, 3.8) is 0 Å². The van der Waals surface area contributed by atoms with Crippen molar-refractivity contribution in [2.75, 3.05) is 13.6 Å².